The summed E-state index contributed by atoms with van der Waals surface area (Å²) < 4.78 is 0. The Kier molecular flexibility index (Phi) is 5.92. The van der Waals surface area contributed by atoms with Gasteiger partial charge in [-0.2, -0.15) is 5.26 Å². The molecule has 1 aliphatic heterocycles. The summed E-state index contributed by atoms with van der Waals surface area (Å²) in [6.45, 7) is 3.89. The van der Waals surface area contributed by atoms with Gasteiger partial charge >= 0.3 is 0 Å². The minimum atomic E-state index is -0.446. The van der Waals surface area contributed by atoms with Crippen LogP contribution in [0.4, 0.5) is 5.69 Å². The molecule has 1 amide bonds. The fourth-order valence-corrected chi connectivity index (χ4v) is 4.77. The number of carbonyl (C=O) groups excluding carboxylic acids is 1. The highest BCUT2D eigenvalue weighted by molar-refractivity contribution is 8.14. The van der Waals surface area contributed by atoms with E-state index in [1.807, 2.05) is 61.7 Å². The summed E-state index contributed by atoms with van der Waals surface area (Å²) in [5.74, 6) is -0.0989. The molecule has 1 N–H and O–H groups in total. The Balaban J connectivity index is 2.04. The fraction of sp³-hybridized carbons (Fsp3) is 0.250. The number of thiophene rings is 1. The highest BCUT2D eigenvalue weighted by Gasteiger charge is 2.39. The maximum atomic E-state index is 13.1. The molecule has 0 fully saturated rings. The number of nitrogens with zero attached hydrogens (tertiary/aromatic N) is 2. The number of benzene rings is 1. The zero-order valence-corrected chi connectivity index (χ0v) is 16.2. The molecule has 1 aromatic heterocycles. The quantitative estimate of drug-likeness (QED) is 0.806. The Hall–Kier alpha value is -2.36. The molecule has 1 aromatic carbocycles. The van der Waals surface area contributed by atoms with Crippen molar-refractivity contribution in [1.82, 2.24) is 0 Å². The van der Waals surface area contributed by atoms with Crippen molar-refractivity contribution in [3.63, 3.8) is 0 Å². The van der Waals surface area contributed by atoms with Gasteiger partial charge in [-0.3, -0.25) is 4.79 Å². The second kappa shape index (κ2) is 8.35. The van der Waals surface area contributed by atoms with Crippen molar-refractivity contribution in [1.29, 1.82) is 5.26 Å². The normalized spacial score (nSPS) is 19.7. The van der Waals surface area contributed by atoms with Crippen molar-refractivity contribution in [2.75, 3.05) is 11.1 Å². The van der Waals surface area contributed by atoms with Gasteiger partial charge in [0.15, 0.2) is 0 Å². The van der Waals surface area contributed by atoms with Gasteiger partial charge < -0.3 is 5.32 Å². The number of allylic oxidation sites excluding steroid dienone is 1. The van der Waals surface area contributed by atoms with E-state index in [1.54, 1.807) is 23.1 Å². The van der Waals surface area contributed by atoms with Crippen molar-refractivity contribution in [3.8, 4) is 6.07 Å². The van der Waals surface area contributed by atoms with Crippen LogP contribution in [0.25, 0.3) is 0 Å². The number of thioether (sulfide) groups is 1. The van der Waals surface area contributed by atoms with Crippen LogP contribution in [-0.4, -0.2) is 16.7 Å². The maximum Gasteiger partial charge on any atom is 0.254 e. The first-order valence-electron chi connectivity index (χ1n) is 8.37. The summed E-state index contributed by atoms with van der Waals surface area (Å²) in [6, 6.07) is 15.7. The monoisotopic (exact) mass is 381 g/mol. The van der Waals surface area contributed by atoms with Gasteiger partial charge in [-0.25, -0.2) is 4.99 Å². The molecule has 2 heterocycles. The number of amides is 1. The molecule has 4 nitrogen and oxygen atoms in total. The molecule has 0 radical (unpaired) electrons. The van der Waals surface area contributed by atoms with E-state index in [4.69, 9.17) is 0 Å². The first kappa shape index (κ1) is 18.4. The Labute approximate surface area is 161 Å². The molecule has 0 bridgehead atoms. The number of rotatable bonds is 4. The molecule has 0 spiro atoms. The highest BCUT2D eigenvalue weighted by Crippen LogP contribution is 2.42. The van der Waals surface area contributed by atoms with Gasteiger partial charge in [-0.15, -0.1) is 23.1 Å². The molecule has 0 saturated carbocycles. The Morgan fingerprint density at radius 3 is 2.69 bits per heavy atom. The van der Waals surface area contributed by atoms with Gasteiger partial charge in [0.2, 0.25) is 0 Å². The topological polar surface area (TPSA) is 65.2 Å². The van der Waals surface area contributed by atoms with Crippen LogP contribution in [0.2, 0.25) is 0 Å². The van der Waals surface area contributed by atoms with E-state index in [0.29, 0.717) is 11.3 Å². The third-order valence-corrected chi connectivity index (χ3v) is 6.02. The number of anilines is 1. The number of nitrogens with one attached hydrogen (secondary N) is 1. The number of carbonyl (C=O) groups is 1. The summed E-state index contributed by atoms with van der Waals surface area (Å²) in [5, 5.41) is 15.6. The van der Waals surface area contributed by atoms with Gasteiger partial charge in [0, 0.05) is 27.8 Å². The third kappa shape index (κ3) is 3.74. The van der Waals surface area contributed by atoms with Gasteiger partial charge in [-0.1, -0.05) is 31.2 Å². The van der Waals surface area contributed by atoms with Crippen LogP contribution in [0.3, 0.4) is 0 Å². The van der Waals surface area contributed by atoms with E-state index in [0.717, 1.165) is 21.4 Å². The summed E-state index contributed by atoms with van der Waals surface area (Å²) in [7, 11) is 0. The molecule has 0 aliphatic carbocycles. The number of para-hydroxylation sites is 1. The Morgan fingerprint density at radius 2 is 2.08 bits per heavy atom. The molecule has 3 rings (SSSR count). The van der Waals surface area contributed by atoms with Crippen LogP contribution < -0.4 is 5.32 Å². The lowest BCUT2D eigenvalue weighted by molar-refractivity contribution is -0.113. The predicted octanol–water partition coefficient (Wildman–Crippen LogP) is 5.05. The van der Waals surface area contributed by atoms with Gasteiger partial charge in [-0.05, 0) is 36.3 Å². The number of hydrogen-bond donors (Lipinski definition) is 1. The second-order valence-electron chi connectivity index (χ2n) is 5.80. The van der Waals surface area contributed by atoms with Crippen LogP contribution in [0.5, 0.6) is 0 Å². The summed E-state index contributed by atoms with van der Waals surface area (Å²) >= 11 is 3.14. The van der Waals surface area contributed by atoms with E-state index in [-0.39, 0.29) is 11.8 Å². The van der Waals surface area contributed by atoms with E-state index < -0.39 is 5.92 Å². The predicted molar refractivity (Wildman–Crippen MR) is 110 cm³/mol. The standard InChI is InChI=1S/C20H19N3OS2/c1-3-25-20-15(12-21)18(16-10-7-11-26-16)17(13(2)22-20)19(24)23-14-8-5-4-6-9-14/h4-11,15,18H,3H2,1-2H3,(H,23,24)/t15?,18-/m0/s1. The average molecular weight is 382 g/mol. The Morgan fingerprint density at radius 1 is 1.31 bits per heavy atom. The minimum absolute atomic E-state index is 0.198. The Bertz CT molecular complexity index is 880. The number of hydrogen-bond acceptors (Lipinski definition) is 5. The van der Waals surface area contributed by atoms with Crippen molar-refractivity contribution in [2.45, 2.75) is 19.8 Å². The molecular weight excluding hydrogens is 362 g/mol. The van der Waals surface area contributed by atoms with Crippen LogP contribution in [0.1, 0.15) is 24.6 Å². The van der Waals surface area contributed by atoms with Crippen LogP contribution in [0, 0.1) is 17.2 Å². The SMILES string of the molecule is CCSC1=NC(C)=C(C(=O)Nc2ccccc2)[C@H](c2cccs2)C1C#N. The largest absolute Gasteiger partial charge is 0.322 e. The summed E-state index contributed by atoms with van der Waals surface area (Å²) in [4.78, 5) is 18.7. The van der Waals surface area contributed by atoms with Gasteiger partial charge in [0.25, 0.3) is 5.91 Å². The third-order valence-electron chi connectivity index (χ3n) is 4.14. The first-order valence-corrected chi connectivity index (χ1v) is 10.2. The van der Waals surface area contributed by atoms with Crippen LogP contribution in [0.15, 0.2) is 64.1 Å². The average Bonchev–Trinajstić information content (AvgIpc) is 3.16. The molecule has 6 heteroatoms. The van der Waals surface area contributed by atoms with Gasteiger partial charge in [0.05, 0.1) is 11.1 Å². The van der Waals surface area contributed by atoms with Gasteiger partial charge in [0.1, 0.15) is 5.92 Å². The van der Waals surface area contributed by atoms with E-state index in [9.17, 15) is 10.1 Å². The lowest BCUT2D eigenvalue weighted by Gasteiger charge is -2.29. The zero-order valence-electron chi connectivity index (χ0n) is 14.6. The first-order chi connectivity index (χ1) is 12.7. The number of nitriles is 1. The van der Waals surface area contributed by atoms with Crippen molar-refractivity contribution < 1.29 is 4.79 Å². The summed E-state index contributed by atoms with van der Waals surface area (Å²) in [5.41, 5.74) is 1.98. The van der Waals surface area contributed by atoms with Crippen molar-refractivity contribution in [3.05, 3.63) is 64.0 Å². The van der Waals surface area contributed by atoms with Crippen molar-refractivity contribution >= 4 is 39.7 Å². The molecule has 1 unspecified atom stereocenters. The zero-order chi connectivity index (χ0) is 18.5. The number of aliphatic imine (C=N–C) groups is 1. The van der Waals surface area contributed by atoms with Crippen LogP contribution in [-0.2, 0) is 4.79 Å². The van der Waals surface area contributed by atoms with Crippen molar-refractivity contribution in [2.24, 2.45) is 10.9 Å². The molecule has 26 heavy (non-hydrogen) atoms. The maximum absolute atomic E-state index is 13.1. The molecular formula is C20H19N3OS2. The fourth-order valence-electron chi connectivity index (χ4n) is 3.03. The van der Waals surface area contributed by atoms with E-state index in [1.165, 1.54) is 0 Å². The summed E-state index contributed by atoms with van der Waals surface area (Å²) in [6.07, 6.45) is 0. The smallest absolute Gasteiger partial charge is 0.254 e. The highest BCUT2D eigenvalue weighted by atomic mass is 32.2. The molecule has 2 aromatic rings. The lowest BCUT2D eigenvalue weighted by atomic mass is 9.82. The lowest BCUT2D eigenvalue weighted by Crippen LogP contribution is -2.30. The molecule has 0 saturated heterocycles. The molecule has 2 atom stereocenters. The molecule has 1 aliphatic rings. The van der Waals surface area contributed by atoms with E-state index in [2.05, 4.69) is 16.4 Å². The molecule has 132 valence electrons. The van der Waals surface area contributed by atoms with Crippen LogP contribution >= 0.6 is 23.1 Å². The second-order valence-corrected chi connectivity index (χ2v) is 8.07. The van der Waals surface area contributed by atoms with E-state index >= 15 is 0 Å². The minimum Gasteiger partial charge on any atom is -0.322 e.